The summed E-state index contributed by atoms with van der Waals surface area (Å²) in [4.78, 5) is 0. The van der Waals surface area contributed by atoms with Crippen LogP contribution in [0.1, 0.15) is 0 Å². The van der Waals surface area contributed by atoms with Crippen molar-refractivity contribution in [3.05, 3.63) is 24.3 Å². The predicted molar refractivity (Wildman–Crippen MR) is 42.4 cm³/mol. The van der Waals surface area contributed by atoms with Gasteiger partial charge in [-0.3, -0.25) is 0 Å². The second-order valence-corrected chi connectivity index (χ2v) is 1.67. The van der Waals surface area contributed by atoms with Gasteiger partial charge in [0.25, 0.3) is 0 Å². The number of nitrogen functional groups attached to an aromatic ring is 2. The Morgan fingerprint density at radius 2 is 1.00 bits per heavy atom. The third kappa shape index (κ3) is 2.75. The average molecular weight is 132 g/mol. The molecule has 0 aliphatic heterocycles. The molecule has 0 heterocycles. The van der Waals surface area contributed by atoms with Gasteiger partial charge in [-0.2, -0.15) is 0 Å². The molecule has 0 amide bonds. The third-order valence-corrected chi connectivity index (χ3v) is 0.936. The van der Waals surface area contributed by atoms with E-state index in [1.165, 1.54) is 0 Å². The molecular formula is C6H9N2Na. The van der Waals surface area contributed by atoms with E-state index in [0.29, 0.717) is 0 Å². The molecule has 0 saturated carbocycles. The van der Waals surface area contributed by atoms with Crippen LogP contribution in [0.15, 0.2) is 24.3 Å². The second-order valence-electron chi connectivity index (χ2n) is 1.67. The first-order valence-electron chi connectivity index (χ1n) is 2.40. The van der Waals surface area contributed by atoms with Crippen molar-refractivity contribution in [1.82, 2.24) is 0 Å². The van der Waals surface area contributed by atoms with Crippen LogP contribution in [0, 0.1) is 0 Å². The van der Waals surface area contributed by atoms with Crippen LogP contribution in [0.3, 0.4) is 0 Å². The Labute approximate surface area is 76.5 Å². The summed E-state index contributed by atoms with van der Waals surface area (Å²) in [5.41, 5.74) is 12.2. The maximum atomic E-state index is 5.37. The van der Waals surface area contributed by atoms with E-state index in [9.17, 15) is 0 Å². The predicted octanol–water partition coefficient (Wildman–Crippen LogP) is 0.203. The topological polar surface area (TPSA) is 52.0 Å². The number of nitrogens with two attached hydrogens (primary N) is 2. The Bertz CT molecular complexity index is 150. The van der Waals surface area contributed by atoms with Gasteiger partial charge in [0.1, 0.15) is 0 Å². The molecule has 0 radical (unpaired) electrons. The minimum absolute atomic E-state index is 0. The van der Waals surface area contributed by atoms with E-state index in [-0.39, 0.29) is 29.6 Å². The van der Waals surface area contributed by atoms with E-state index in [4.69, 9.17) is 11.5 Å². The van der Waals surface area contributed by atoms with Gasteiger partial charge in [-0.1, -0.05) is 0 Å². The van der Waals surface area contributed by atoms with Crippen molar-refractivity contribution in [3.8, 4) is 0 Å². The van der Waals surface area contributed by atoms with Gasteiger partial charge in [-0.25, -0.2) is 0 Å². The van der Waals surface area contributed by atoms with Gasteiger partial charge >= 0.3 is 29.6 Å². The zero-order valence-corrected chi connectivity index (χ0v) is 4.46. The summed E-state index contributed by atoms with van der Waals surface area (Å²) in [5.74, 6) is 0. The summed E-state index contributed by atoms with van der Waals surface area (Å²) in [7, 11) is 0. The number of anilines is 2. The van der Waals surface area contributed by atoms with Crippen LogP contribution in [0.25, 0.3) is 0 Å². The summed E-state index contributed by atoms with van der Waals surface area (Å²) < 4.78 is 0. The van der Waals surface area contributed by atoms with Crippen molar-refractivity contribution in [2.75, 3.05) is 11.5 Å². The Morgan fingerprint density at radius 3 is 1.22 bits per heavy atom. The first-order chi connectivity index (χ1) is 3.79. The van der Waals surface area contributed by atoms with Crippen molar-refractivity contribution >= 4 is 40.9 Å². The molecule has 0 spiro atoms. The zero-order valence-electron chi connectivity index (χ0n) is 4.46. The van der Waals surface area contributed by atoms with E-state index in [2.05, 4.69) is 0 Å². The molecule has 1 aromatic rings. The van der Waals surface area contributed by atoms with E-state index in [0.717, 1.165) is 11.4 Å². The maximum absolute atomic E-state index is 5.37. The molecule has 44 valence electrons. The number of hydrogen-bond acceptors (Lipinski definition) is 2. The second kappa shape index (κ2) is 3.77. The molecule has 1 aromatic carbocycles. The summed E-state index contributed by atoms with van der Waals surface area (Å²) in [6.45, 7) is 0. The molecule has 0 aliphatic rings. The van der Waals surface area contributed by atoms with E-state index in [1.807, 2.05) is 0 Å². The van der Waals surface area contributed by atoms with Crippen LogP contribution in [-0.4, -0.2) is 29.6 Å². The molecule has 0 aromatic heterocycles. The van der Waals surface area contributed by atoms with E-state index < -0.39 is 0 Å². The Morgan fingerprint density at radius 1 is 0.778 bits per heavy atom. The van der Waals surface area contributed by atoms with E-state index >= 15 is 0 Å². The summed E-state index contributed by atoms with van der Waals surface area (Å²) in [5, 5.41) is 0. The summed E-state index contributed by atoms with van der Waals surface area (Å²) >= 11 is 0. The normalized spacial score (nSPS) is 8.00. The molecule has 9 heavy (non-hydrogen) atoms. The average Bonchev–Trinajstić information content (AvgIpc) is 1.77. The third-order valence-electron chi connectivity index (χ3n) is 0.936. The van der Waals surface area contributed by atoms with Gasteiger partial charge in [0, 0.05) is 11.4 Å². The molecular weight excluding hydrogens is 123 g/mol. The van der Waals surface area contributed by atoms with Gasteiger partial charge < -0.3 is 11.5 Å². The minimum atomic E-state index is 0. The molecule has 0 atom stereocenters. The molecule has 0 fully saturated rings. The van der Waals surface area contributed by atoms with Gasteiger partial charge in [0.05, 0.1) is 0 Å². The zero-order chi connectivity index (χ0) is 5.98. The van der Waals surface area contributed by atoms with Crippen LogP contribution in [-0.2, 0) is 0 Å². The summed E-state index contributed by atoms with van der Waals surface area (Å²) in [6.07, 6.45) is 0. The van der Waals surface area contributed by atoms with Gasteiger partial charge in [0.15, 0.2) is 0 Å². The molecule has 0 unspecified atom stereocenters. The molecule has 0 bridgehead atoms. The van der Waals surface area contributed by atoms with Crippen LogP contribution in [0.2, 0.25) is 0 Å². The Balaban J connectivity index is 0.000000640. The Hall–Kier alpha value is -0.180. The van der Waals surface area contributed by atoms with Gasteiger partial charge in [-0.15, -0.1) is 0 Å². The number of benzene rings is 1. The fourth-order valence-electron chi connectivity index (χ4n) is 0.496. The first kappa shape index (κ1) is 8.82. The van der Waals surface area contributed by atoms with Crippen LogP contribution >= 0.6 is 0 Å². The molecule has 4 N–H and O–H groups in total. The summed E-state index contributed by atoms with van der Waals surface area (Å²) in [6, 6.07) is 7.09. The molecule has 0 aliphatic carbocycles. The quantitative estimate of drug-likeness (QED) is 0.391. The molecule has 2 nitrogen and oxygen atoms in total. The van der Waals surface area contributed by atoms with Crippen molar-refractivity contribution in [2.45, 2.75) is 0 Å². The van der Waals surface area contributed by atoms with E-state index in [1.54, 1.807) is 24.3 Å². The van der Waals surface area contributed by atoms with Gasteiger partial charge in [0.2, 0.25) is 0 Å². The van der Waals surface area contributed by atoms with Gasteiger partial charge in [-0.05, 0) is 24.3 Å². The van der Waals surface area contributed by atoms with Crippen LogP contribution in [0.4, 0.5) is 11.4 Å². The number of rotatable bonds is 0. The van der Waals surface area contributed by atoms with Crippen molar-refractivity contribution in [1.29, 1.82) is 0 Å². The fourth-order valence-corrected chi connectivity index (χ4v) is 0.496. The number of hydrogen-bond donors (Lipinski definition) is 2. The van der Waals surface area contributed by atoms with Crippen LogP contribution in [0.5, 0.6) is 0 Å². The fraction of sp³-hybridized carbons (Fsp3) is 0. The molecule has 0 saturated heterocycles. The SMILES string of the molecule is Nc1ccc(N)cc1.[NaH]. The molecule has 3 heteroatoms. The molecule has 1 rings (SSSR count). The van der Waals surface area contributed by atoms with Crippen LogP contribution < -0.4 is 11.5 Å². The van der Waals surface area contributed by atoms with Crippen molar-refractivity contribution < 1.29 is 0 Å². The Kier molecular flexibility index (Phi) is 3.70. The van der Waals surface area contributed by atoms with Crippen molar-refractivity contribution in [2.24, 2.45) is 0 Å². The standard InChI is InChI=1S/C6H8N2.Na.H/c7-5-1-2-6(8)4-3-5;;/h1-4H,7-8H2;;. The first-order valence-corrected chi connectivity index (χ1v) is 2.40. The monoisotopic (exact) mass is 132 g/mol. The van der Waals surface area contributed by atoms with Crippen molar-refractivity contribution in [3.63, 3.8) is 0 Å².